The van der Waals surface area contributed by atoms with Gasteiger partial charge in [0.05, 0.1) is 6.54 Å². The van der Waals surface area contributed by atoms with Gasteiger partial charge in [0.2, 0.25) is 5.91 Å². The van der Waals surface area contributed by atoms with Gasteiger partial charge in [0.1, 0.15) is 0 Å². The first-order valence-corrected chi connectivity index (χ1v) is 3.68. The van der Waals surface area contributed by atoms with Crippen molar-refractivity contribution in [3.63, 3.8) is 0 Å². The molecule has 10 heavy (non-hydrogen) atoms. The summed E-state index contributed by atoms with van der Waals surface area (Å²) in [6, 6.07) is 0.618. The molecule has 1 rings (SSSR count). The Kier molecular flexibility index (Phi) is 2.27. The van der Waals surface area contributed by atoms with Crippen molar-refractivity contribution in [3.8, 4) is 0 Å². The van der Waals surface area contributed by atoms with Crippen LogP contribution in [0.1, 0.15) is 19.3 Å². The fourth-order valence-electron chi connectivity index (χ4n) is 1.20. The quantitative estimate of drug-likeness (QED) is 0.601. The maximum Gasteiger partial charge on any atom is 0.231 e. The third-order valence-corrected chi connectivity index (χ3v) is 2.10. The molecule has 2 N–H and O–H groups in total. The van der Waals surface area contributed by atoms with Crippen LogP contribution in [-0.2, 0) is 4.79 Å². The summed E-state index contributed by atoms with van der Waals surface area (Å²) in [6.07, 6.45) is 3.75. The van der Waals surface area contributed by atoms with Crippen LogP contribution in [0.3, 0.4) is 0 Å². The predicted octanol–water partition coefficient (Wildman–Crippen LogP) is -0.0440. The van der Waals surface area contributed by atoms with Crippen LogP contribution < -0.4 is 5.73 Å². The van der Waals surface area contributed by atoms with Gasteiger partial charge in [-0.25, -0.2) is 0 Å². The number of hydrogen-bond donors (Lipinski definition) is 1. The number of nitrogens with two attached hydrogens (primary N) is 1. The minimum atomic E-state index is -0.227. The van der Waals surface area contributed by atoms with Gasteiger partial charge in [-0.2, -0.15) is 0 Å². The van der Waals surface area contributed by atoms with E-state index in [1.54, 1.807) is 0 Å². The molecule has 0 atom stereocenters. The molecule has 1 aliphatic rings. The van der Waals surface area contributed by atoms with Crippen LogP contribution in [-0.4, -0.2) is 30.4 Å². The van der Waals surface area contributed by atoms with Gasteiger partial charge in [-0.3, -0.25) is 9.69 Å². The lowest BCUT2D eigenvalue weighted by Gasteiger charge is -2.33. The summed E-state index contributed by atoms with van der Waals surface area (Å²) in [4.78, 5) is 12.5. The Balaban J connectivity index is 2.19. The third-order valence-electron chi connectivity index (χ3n) is 2.10. The highest BCUT2D eigenvalue weighted by molar-refractivity contribution is 5.75. The van der Waals surface area contributed by atoms with E-state index in [9.17, 15) is 4.79 Å². The van der Waals surface area contributed by atoms with Crippen molar-refractivity contribution in [2.24, 2.45) is 5.73 Å². The average molecular weight is 142 g/mol. The molecule has 0 aliphatic heterocycles. The molecule has 0 aromatic heterocycles. The summed E-state index contributed by atoms with van der Waals surface area (Å²) in [6.45, 7) is 0.407. The number of likely N-dealkylation sites (N-methyl/N-ethyl adjacent to an activating group) is 1. The minimum Gasteiger partial charge on any atom is -0.369 e. The van der Waals surface area contributed by atoms with Crippen LogP contribution in [0.4, 0.5) is 0 Å². The van der Waals surface area contributed by atoms with Gasteiger partial charge in [0, 0.05) is 6.04 Å². The second-order valence-corrected chi connectivity index (χ2v) is 2.97. The second kappa shape index (κ2) is 3.01. The first kappa shape index (κ1) is 7.54. The number of primary amides is 1. The first-order valence-electron chi connectivity index (χ1n) is 3.68. The van der Waals surface area contributed by atoms with Crippen molar-refractivity contribution in [2.75, 3.05) is 13.6 Å². The summed E-state index contributed by atoms with van der Waals surface area (Å²) in [5.74, 6) is -0.227. The van der Waals surface area contributed by atoms with Crippen molar-refractivity contribution in [3.05, 3.63) is 0 Å². The molecule has 0 heterocycles. The molecule has 58 valence electrons. The van der Waals surface area contributed by atoms with E-state index in [4.69, 9.17) is 5.73 Å². The highest BCUT2D eigenvalue weighted by Crippen LogP contribution is 2.22. The largest absolute Gasteiger partial charge is 0.369 e. The number of carbonyl (C=O) groups excluding carboxylic acids is 1. The number of rotatable bonds is 3. The molecule has 0 aromatic carbocycles. The Morgan fingerprint density at radius 3 is 2.60 bits per heavy atom. The summed E-state index contributed by atoms with van der Waals surface area (Å²) in [5, 5.41) is 0. The predicted molar refractivity (Wildman–Crippen MR) is 39.5 cm³/mol. The smallest absolute Gasteiger partial charge is 0.231 e. The lowest BCUT2D eigenvalue weighted by atomic mass is 9.92. The van der Waals surface area contributed by atoms with Gasteiger partial charge in [0.15, 0.2) is 0 Å². The molecule has 3 heteroatoms. The third kappa shape index (κ3) is 1.70. The molecular weight excluding hydrogens is 128 g/mol. The van der Waals surface area contributed by atoms with Crippen molar-refractivity contribution in [2.45, 2.75) is 25.3 Å². The van der Waals surface area contributed by atoms with Gasteiger partial charge in [-0.15, -0.1) is 0 Å². The summed E-state index contributed by atoms with van der Waals surface area (Å²) >= 11 is 0. The molecule has 0 unspecified atom stereocenters. The van der Waals surface area contributed by atoms with E-state index >= 15 is 0 Å². The zero-order valence-corrected chi connectivity index (χ0v) is 6.34. The zero-order valence-electron chi connectivity index (χ0n) is 6.34. The topological polar surface area (TPSA) is 46.3 Å². The molecule has 1 amide bonds. The van der Waals surface area contributed by atoms with Crippen LogP contribution in [0.2, 0.25) is 0 Å². The highest BCUT2D eigenvalue weighted by Gasteiger charge is 2.22. The van der Waals surface area contributed by atoms with Crippen molar-refractivity contribution in [1.82, 2.24) is 4.90 Å². The number of carbonyl (C=O) groups is 1. The van der Waals surface area contributed by atoms with Crippen molar-refractivity contribution < 1.29 is 4.79 Å². The Morgan fingerprint density at radius 1 is 1.70 bits per heavy atom. The Morgan fingerprint density at radius 2 is 2.30 bits per heavy atom. The van der Waals surface area contributed by atoms with Gasteiger partial charge in [0.25, 0.3) is 0 Å². The lowest BCUT2D eigenvalue weighted by Crippen LogP contribution is -2.41. The molecule has 1 aliphatic carbocycles. The van der Waals surface area contributed by atoms with Gasteiger partial charge >= 0.3 is 0 Å². The molecule has 1 saturated carbocycles. The minimum absolute atomic E-state index is 0.227. The molecule has 0 radical (unpaired) electrons. The van der Waals surface area contributed by atoms with Crippen molar-refractivity contribution in [1.29, 1.82) is 0 Å². The summed E-state index contributed by atoms with van der Waals surface area (Å²) < 4.78 is 0. The molecule has 3 nitrogen and oxygen atoms in total. The first-order chi connectivity index (χ1) is 4.70. The standard InChI is InChI=1S/C7H14N2O/c1-9(5-7(8)10)6-3-2-4-6/h6H,2-5H2,1H3,(H2,8,10). The van der Waals surface area contributed by atoms with E-state index in [-0.39, 0.29) is 5.91 Å². The van der Waals surface area contributed by atoms with E-state index < -0.39 is 0 Å². The van der Waals surface area contributed by atoms with Crippen LogP contribution in [0, 0.1) is 0 Å². The Labute approximate surface area is 61.2 Å². The fourth-order valence-corrected chi connectivity index (χ4v) is 1.20. The summed E-state index contributed by atoms with van der Waals surface area (Å²) in [7, 11) is 1.95. The average Bonchev–Trinajstić information content (AvgIpc) is 1.55. The van der Waals surface area contributed by atoms with Gasteiger partial charge in [-0.05, 0) is 19.9 Å². The van der Waals surface area contributed by atoms with Crippen molar-refractivity contribution >= 4 is 5.91 Å². The molecule has 0 bridgehead atoms. The van der Waals surface area contributed by atoms with E-state index in [2.05, 4.69) is 0 Å². The maximum absolute atomic E-state index is 10.4. The van der Waals surface area contributed by atoms with Crippen LogP contribution in [0.25, 0.3) is 0 Å². The van der Waals surface area contributed by atoms with E-state index in [1.165, 1.54) is 19.3 Å². The lowest BCUT2D eigenvalue weighted by molar-refractivity contribution is -0.119. The van der Waals surface area contributed by atoms with Crippen LogP contribution in [0.15, 0.2) is 0 Å². The number of hydrogen-bond acceptors (Lipinski definition) is 2. The molecule has 1 fully saturated rings. The van der Waals surface area contributed by atoms with Crippen LogP contribution >= 0.6 is 0 Å². The highest BCUT2D eigenvalue weighted by atomic mass is 16.1. The van der Waals surface area contributed by atoms with E-state index in [0.29, 0.717) is 12.6 Å². The van der Waals surface area contributed by atoms with E-state index in [1.807, 2.05) is 11.9 Å². The number of amides is 1. The zero-order chi connectivity index (χ0) is 7.56. The number of nitrogens with zero attached hydrogens (tertiary/aromatic N) is 1. The molecule has 0 spiro atoms. The van der Waals surface area contributed by atoms with Gasteiger partial charge < -0.3 is 5.73 Å². The van der Waals surface area contributed by atoms with Crippen LogP contribution in [0.5, 0.6) is 0 Å². The molecular formula is C7H14N2O. The monoisotopic (exact) mass is 142 g/mol. The maximum atomic E-state index is 10.4. The SMILES string of the molecule is CN(CC(N)=O)C1CCC1. The normalized spacial score (nSPS) is 19.0. The fraction of sp³-hybridized carbons (Fsp3) is 0.857. The van der Waals surface area contributed by atoms with Gasteiger partial charge in [-0.1, -0.05) is 6.42 Å². The Bertz CT molecular complexity index is 132. The Hall–Kier alpha value is -0.570. The summed E-state index contributed by atoms with van der Waals surface area (Å²) in [5.41, 5.74) is 5.03. The van der Waals surface area contributed by atoms with E-state index in [0.717, 1.165) is 0 Å². The molecule has 0 saturated heterocycles. The second-order valence-electron chi connectivity index (χ2n) is 2.97. The molecule has 0 aromatic rings.